The molecule has 0 aromatic rings. The maximum atomic E-state index is 12.9. The Bertz CT molecular complexity index is 491. The van der Waals surface area contributed by atoms with Crippen LogP contribution in [0.4, 0.5) is 0 Å². The average Bonchev–Trinajstić information content (AvgIpc) is 2.64. The van der Waals surface area contributed by atoms with Gasteiger partial charge in [-0.05, 0) is 43.4 Å². The summed E-state index contributed by atoms with van der Waals surface area (Å²) in [6.45, 7) is 9.07. The second kappa shape index (κ2) is 9.89. The standard InChI is InChI=1S/C19H36N2O5S/c1-9(2)11-6-7-20-12(8-11)18(25)21-13(10(3)4)17-15(23)14(22)16(24)19(26-17)27-5/h9-17,19-20,22-24H,6-8H2,1-5H3,(H,21,25)/t11-,12+,13-,14+,15-,16-,17-,19-/m1/s1. The molecule has 2 heterocycles. The first-order chi connectivity index (χ1) is 12.7. The fourth-order valence-electron chi connectivity index (χ4n) is 4.01. The molecule has 0 aromatic carbocycles. The fraction of sp³-hybridized carbons (Fsp3) is 0.947. The van der Waals surface area contributed by atoms with Gasteiger partial charge in [-0.3, -0.25) is 4.79 Å². The molecule has 27 heavy (non-hydrogen) atoms. The van der Waals surface area contributed by atoms with E-state index in [0.717, 1.165) is 19.4 Å². The highest BCUT2D eigenvalue weighted by atomic mass is 32.2. The smallest absolute Gasteiger partial charge is 0.237 e. The lowest BCUT2D eigenvalue weighted by molar-refractivity contribution is -0.208. The minimum Gasteiger partial charge on any atom is -0.388 e. The van der Waals surface area contributed by atoms with Crippen LogP contribution in [0.2, 0.25) is 0 Å². The van der Waals surface area contributed by atoms with Gasteiger partial charge in [0.05, 0.1) is 12.1 Å². The largest absolute Gasteiger partial charge is 0.388 e. The summed E-state index contributed by atoms with van der Waals surface area (Å²) in [6, 6.07) is -0.731. The first-order valence-corrected chi connectivity index (χ1v) is 11.2. The summed E-state index contributed by atoms with van der Waals surface area (Å²) in [6.07, 6.45) is -0.890. The van der Waals surface area contributed by atoms with Crippen molar-refractivity contribution in [1.82, 2.24) is 10.6 Å². The minimum atomic E-state index is -1.31. The molecule has 2 fully saturated rings. The molecule has 8 atom stereocenters. The summed E-state index contributed by atoms with van der Waals surface area (Å²) in [5.41, 5.74) is -0.648. The molecule has 0 radical (unpaired) electrons. The van der Waals surface area contributed by atoms with Crippen LogP contribution in [0.25, 0.3) is 0 Å². The summed E-state index contributed by atoms with van der Waals surface area (Å²) < 4.78 is 5.87. The number of rotatable bonds is 6. The number of hydrogen-bond acceptors (Lipinski definition) is 7. The lowest BCUT2D eigenvalue weighted by Crippen LogP contribution is -2.65. The van der Waals surface area contributed by atoms with E-state index >= 15 is 0 Å². The maximum Gasteiger partial charge on any atom is 0.237 e. The van der Waals surface area contributed by atoms with E-state index in [9.17, 15) is 20.1 Å². The third kappa shape index (κ3) is 5.36. The Hall–Kier alpha value is -0.380. The van der Waals surface area contributed by atoms with Crippen LogP contribution in [0.15, 0.2) is 0 Å². The lowest BCUT2D eigenvalue weighted by Gasteiger charge is -2.44. The molecule has 1 amide bonds. The van der Waals surface area contributed by atoms with Crippen LogP contribution >= 0.6 is 11.8 Å². The molecule has 8 heteroatoms. The van der Waals surface area contributed by atoms with Crippen molar-refractivity contribution >= 4 is 17.7 Å². The van der Waals surface area contributed by atoms with Crippen LogP contribution in [0.1, 0.15) is 40.5 Å². The Morgan fingerprint density at radius 2 is 1.81 bits per heavy atom. The third-order valence-corrected chi connectivity index (χ3v) is 6.78. The monoisotopic (exact) mass is 404 g/mol. The van der Waals surface area contributed by atoms with E-state index in [4.69, 9.17) is 4.74 Å². The van der Waals surface area contributed by atoms with Gasteiger partial charge in [-0.15, -0.1) is 11.8 Å². The van der Waals surface area contributed by atoms with E-state index in [-0.39, 0.29) is 17.9 Å². The average molecular weight is 405 g/mol. The second-order valence-electron chi connectivity index (χ2n) is 8.49. The highest BCUT2D eigenvalue weighted by Gasteiger charge is 2.47. The molecule has 2 saturated heterocycles. The van der Waals surface area contributed by atoms with Crippen LogP contribution in [0, 0.1) is 17.8 Å². The Morgan fingerprint density at radius 3 is 2.37 bits per heavy atom. The van der Waals surface area contributed by atoms with Gasteiger partial charge in [0.15, 0.2) is 0 Å². The van der Waals surface area contributed by atoms with Gasteiger partial charge in [0.25, 0.3) is 0 Å². The van der Waals surface area contributed by atoms with Crippen molar-refractivity contribution < 1.29 is 24.9 Å². The number of aliphatic hydroxyl groups excluding tert-OH is 3. The van der Waals surface area contributed by atoms with Crippen molar-refractivity contribution in [2.45, 2.75) is 82.5 Å². The van der Waals surface area contributed by atoms with Gasteiger partial charge in [0.1, 0.15) is 29.9 Å². The molecular formula is C19H36N2O5S. The number of piperidine rings is 1. The first kappa shape index (κ1) is 22.9. The molecule has 0 saturated carbocycles. The molecule has 0 unspecified atom stereocenters. The molecule has 0 bridgehead atoms. The van der Waals surface area contributed by atoms with E-state index in [1.165, 1.54) is 11.8 Å². The number of amides is 1. The fourth-order valence-corrected chi connectivity index (χ4v) is 4.69. The second-order valence-corrected chi connectivity index (χ2v) is 9.43. The van der Waals surface area contributed by atoms with E-state index in [1.54, 1.807) is 6.26 Å². The molecule has 0 aliphatic carbocycles. The van der Waals surface area contributed by atoms with Crippen molar-refractivity contribution in [1.29, 1.82) is 0 Å². The maximum absolute atomic E-state index is 12.9. The van der Waals surface area contributed by atoms with Gasteiger partial charge in [-0.2, -0.15) is 0 Å². The van der Waals surface area contributed by atoms with Gasteiger partial charge >= 0.3 is 0 Å². The highest BCUT2D eigenvalue weighted by molar-refractivity contribution is 7.99. The summed E-state index contributed by atoms with van der Waals surface area (Å²) in [5.74, 6) is 0.929. The molecular weight excluding hydrogens is 368 g/mol. The summed E-state index contributed by atoms with van der Waals surface area (Å²) >= 11 is 1.27. The number of aliphatic hydroxyl groups is 3. The van der Waals surface area contributed by atoms with E-state index in [1.807, 2.05) is 13.8 Å². The van der Waals surface area contributed by atoms with E-state index in [0.29, 0.717) is 11.8 Å². The van der Waals surface area contributed by atoms with Crippen molar-refractivity contribution in [2.75, 3.05) is 12.8 Å². The Kier molecular flexibility index (Phi) is 8.39. The molecule has 0 spiro atoms. The quantitative estimate of drug-likeness (QED) is 0.434. The van der Waals surface area contributed by atoms with Gasteiger partial charge in [-0.1, -0.05) is 27.7 Å². The lowest BCUT2D eigenvalue weighted by atomic mass is 9.83. The number of hydrogen-bond donors (Lipinski definition) is 5. The van der Waals surface area contributed by atoms with Crippen molar-refractivity contribution in [3.63, 3.8) is 0 Å². The van der Waals surface area contributed by atoms with Crippen LogP contribution in [-0.2, 0) is 9.53 Å². The molecule has 2 aliphatic heterocycles. The van der Waals surface area contributed by atoms with E-state index in [2.05, 4.69) is 24.5 Å². The number of carbonyl (C=O) groups excluding carboxylic acids is 1. The Labute approximate surface area is 166 Å². The van der Waals surface area contributed by atoms with Gasteiger partial charge in [-0.25, -0.2) is 0 Å². The van der Waals surface area contributed by atoms with Crippen LogP contribution in [0.5, 0.6) is 0 Å². The third-order valence-electron chi connectivity index (χ3n) is 5.92. The molecule has 158 valence electrons. The minimum absolute atomic E-state index is 0.0111. The van der Waals surface area contributed by atoms with Crippen LogP contribution in [-0.4, -0.2) is 76.0 Å². The zero-order chi connectivity index (χ0) is 20.3. The summed E-state index contributed by atoms with van der Waals surface area (Å²) in [4.78, 5) is 12.9. The van der Waals surface area contributed by atoms with Crippen molar-refractivity contribution in [3.05, 3.63) is 0 Å². The predicted molar refractivity (Wildman–Crippen MR) is 106 cm³/mol. The highest BCUT2D eigenvalue weighted by Crippen LogP contribution is 2.31. The molecule has 5 N–H and O–H groups in total. The van der Waals surface area contributed by atoms with Crippen LogP contribution < -0.4 is 10.6 Å². The molecule has 2 aliphatic rings. The predicted octanol–water partition coefficient (Wildman–Crippen LogP) is 0.322. The zero-order valence-electron chi connectivity index (χ0n) is 17.0. The summed E-state index contributed by atoms with van der Waals surface area (Å²) in [5, 5.41) is 37.1. The zero-order valence-corrected chi connectivity index (χ0v) is 17.8. The number of ether oxygens (including phenoxy) is 1. The summed E-state index contributed by atoms with van der Waals surface area (Å²) in [7, 11) is 0. The van der Waals surface area contributed by atoms with E-state index < -0.39 is 35.9 Å². The molecule has 7 nitrogen and oxygen atoms in total. The number of nitrogens with one attached hydrogen (secondary N) is 2. The molecule has 0 aromatic heterocycles. The SMILES string of the molecule is CS[C@H]1O[C@H]([C@H](NC(=O)[C@@H]2C[C@H](C(C)C)CCN2)C(C)C)[C@H](O)[C@H](O)[C@H]1O. The Morgan fingerprint density at radius 1 is 1.15 bits per heavy atom. The topological polar surface area (TPSA) is 111 Å². The van der Waals surface area contributed by atoms with Crippen LogP contribution in [0.3, 0.4) is 0 Å². The Balaban J connectivity index is 2.09. The van der Waals surface area contributed by atoms with Gasteiger partial charge in [0.2, 0.25) is 5.91 Å². The molecule has 2 rings (SSSR count). The number of carbonyl (C=O) groups is 1. The number of thioether (sulfide) groups is 1. The van der Waals surface area contributed by atoms with Crippen molar-refractivity contribution in [3.8, 4) is 0 Å². The first-order valence-electron chi connectivity index (χ1n) is 9.93. The van der Waals surface area contributed by atoms with Gasteiger partial charge < -0.3 is 30.7 Å². The van der Waals surface area contributed by atoms with Crippen molar-refractivity contribution in [2.24, 2.45) is 17.8 Å². The normalized spacial score (nSPS) is 38.8. The van der Waals surface area contributed by atoms with Gasteiger partial charge in [0, 0.05) is 0 Å².